The smallest absolute Gasteiger partial charge is 0.211 e. The van der Waals surface area contributed by atoms with Crippen molar-refractivity contribution in [2.75, 3.05) is 0 Å². The van der Waals surface area contributed by atoms with E-state index in [0.29, 0.717) is 5.41 Å². The molecule has 0 spiro atoms. The van der Waals surface area contributed by atoms with E-state index in [1.807, 2.05) is 12.2 Å². The normalized spacial score (nSPS) is 21.8. The van der Waals surface area contributed by atoms with Crippen LogP contribution in [0, 0.1) is 17.3 Å². The number of aliphatic imine (C=N–C) groups is 2. The summed E-state index contributed by atoms with van der Waals surface area (Å²) in [6, 6.07) is 0.292. The van der Waals surface area contributed by atoms with Gasteiger partial charge in [-0.3, -0.25) is 0 Å². The molecule has 1 aliphatic carbocycles. The van der Waals surface area contributed by atoms with Gasteiger partial charge in [-0.05, 0) is 68.6 Å². The summed E-state index contributed by atoms with van der Waals surface area (Å²) >= 11 is 0. The fourth-order valence-electron chi connectivity index (χ4n) is 8.20. The van der Waals surface area contributed by atoms with Gasteiger partial charge in [0.25, 0.3) is 0 Å². The van der Waals surface area contributed by atoms with Gasteiger partial charge in [-0.1, -0.05) is 150 Å². The Labute approximate surface area is 261 Å². The molecule has 0 heterocycles. The predicted octanol–water partition coefficient (Wildman–Crippen LogP) is 12.2. The van der Waals surface area contributed by atoms with Crippen LogP contribution in [0.25, 0.3) is 0 Å². The summed E-state index contributed by atoms with van der Waals surface area (Å²) in [5.74, 6) is 1.67. The van der Waals surface area contributed by atoms with E-state index in [0.717, 1.165) is 50.4 Å². The van der Waals surface area contributed by atoms with E-state index < -0.39 is 0 Å². The van der Waals surface area contributed by atoms with E-state index in [4.69, 9.17) is 0 Å². The Hall–Kier alpha value is -1.24. The number of isocyanates is 2. The predicted molar refractivity (Wildman–Crippen MR) is 181 cm³/mol. The summed E-state index contributed by atoms with van der Waals surface area (Å²) in [6.45, 7) is 9.11. The maximum atomic E-state index is 11.2. The molecule has 0 aliphatic heterocycles. The Morgan fingerprint density at radius 3 is 1.57 bits per heavy atom. The van der Waals surface area contributed by atoms with E-state index in [1.165, 1.54) is 135 Å². The molecule has 0 aromatic rings. The van der Waals surface area contributed by atoms with Crippen molar-refractivity contribution < 1.29 is 9.59 Å². The van der Waals surface area contributed by atoms with Crippen LogP contribution in [0.5, 0.6) is 0 Å². The fraction of sp³-hybridized carbons (Fsp3) is 0.947. The molecule has 42 heavy (non-hydrogen) atoms. The van der Waals surface area contributed by atoms with E-state index in [9.17, 15) is 9.59 Å². The van der Waals surface area contributed by atoms with Crippen molar-refractivity contribution in [3.05, 3.63) is 0 Å². The molecule has 0 aromatic heterocycles. The van der Waals surface area contributed by atoms with Gasteiger partial charge >= 0.3 is 0 Å². The van der Waals surface area contributed by atoms with E-state index in [-0.39, 0.29) is 12.1 Å². The molecule has 1 rings (SSSR count). The maximum absolute atomic E-state index is 11.2. The lowest BCUT2D eigenvalue weighted by Crippen LogP contribution is -2.40. The van der Waals surface area contributed by atoms with Crippen LogP contribution in [0.3, 0.4) is 0 Å². The van der Waals surface area contributed by atoms with Crippen LogP contribution in [0.4, 0.5) is 0 Å². The molecule has 1 saturated carbocycles. The Bertz CT molecular complexity index is 687. The first-order valence-corrected chi connectivity index (χ1v) is 18.7. The zero-order valence-electron chi connectivity index (χ0n) is 28.6. The maximum Gasteiger partial charge on any atom is 0.235 e. The minimum atomic E-state index is 0.146. The Morgan fingerprint density at radius 1 is 0.595 bits per heavy atom. The molecular formula is C38H70N2O2. The molecule has 4 unspecified atom stereocenters. The van der Waals surface area contributed by atoms with Crippen LogP contribution in [0.2, 0.25) is 0 Å². The van der Waals surface area contributed by atoms with Crippen molar-refractivity contribution in [2.45, 2.75) is 213 Å². The molecule has 0 N–H and O–H groups in total. The third-order valence-corrected chi connectivity index (χ3v) is 10.6. The number of nitrogens with zero attached hydrogens (tertiary/aromatic N) is 2. The third kappa shape index (κ3) is 16.6. The molecule has 0 radical (unpaired) electrons. The van der Waals surface area contributed by atoms with Gasteiger partial charge in [0.05, 0.1) is 12.1 Å². The number of unbranched alkanes of at least 4 members (excludes halogenated alkanes) is 10. The zero-order chi connectivity index (χ0) is 30.7. The summed E-state index contributed by atoms with van der Waals surface area (Å²) in [6.07, 6.45) is 37.7. The first-order valence-electron chi connectivity index (χ1n) is 18.7. The highest BCUT2D eigenvalue weighted by Gasteiger charge is 2.43. The molecule has 1 fully saturated rings. The van der Waals surface area contributed by atoms with Gasteiger partial charge < -0.3 is 0 Å². The van der Waals surface area contributed by atoms with Gasteiger partial charge in [-0.25, -0.2) is 19.6 Å². The molecule has 4 nitrogen and oxygen atoms in total. The molecule has 4 atom stereocenters. The third-order valence-electron chi connectivity index (χ3n) is 10.6. The van der Waals surface area contributed by atoms with Crippen molar-refractivity contribution in [3.8, 4) is 0 Å². The van der Waals surface area contributed by atoms with Crippen molar-refractivity contribution in [3.63, 3.8) is 0 Å². The average molecular weight is 587 g/mol. The SMILES string of the molecule is CCCCCCCC1C(CCCCC)CCCC1(CCCC(CCCCC)N=C=O)CCCC(CCCCC)N=C=O. The van der Waals surface area contributed by atoms with Crippen molar-refractivity contribution in [1.29, 1.82) is 0 Å². The molecule has 1 aliphatic rings. The molecular weight excluding hydrogens is 516 g/mol. The first-order chi connectivity index (χ1) is 20.6. The van der Waals surface area contributed by atoms with Crippen molar-refractivity contribution in [1.82, 2.24) is 0 Å². The van der Waals surface area contributed by atoms with Crippen LogP contribution < -0.4 is 0 Å². The highest BCUT2D eigenvalue weighted by atomic mass is 16.1. The summed E-state index contributed by atoms with van der Waals surface area (Å²) in [5, 5.41) is 0. The summed E-state index contributed by atoms with van der Waals surface area (Å²) < 4.78 is 0. The highest BCUT2D eigenvalue weighted by molar-refractivity contribution is 5.33. The number of hydrogen-bond donors (Lipinski definition) is 0. The van der Waals surface area contributed by atoms with Crippen LogP contribution in [-0.2, 0) is 9.59 Å². The molecule has 0 amide bonds. The number of hydrogen-bond acceptors (Lipinski definition) is 4. The largest absolute Gasteiger partial charge is 0.235 e. The monoisotopic (exact) mass is 587 g/mol. The van der Waals surface area contributed by atoms with Gasteiger partial charge in [0.15, 0.2) is 0 Å². The molecule has 0 bridgehead atoms. The summed E-state index contributed by atoms with van der Waals surface area (Å²) in [7, 11) is 0. The van der Waals surface area contributed by atoms with Crippen LogP contribution in [0.1, 0.15) is 201 Å². The fourth-order valence-corrected chi connectivity index (χ4v) is 8.20. The molecule has 0 aromatic carbocycles. The van der Waals surface area contributed by atoms with Crippen LogP contribution in [0.15, 0.2) is 9.98 Å². The van der Waals surface area contributed by atoms with Gasteiger partial charge in [0, 0.05) is 0 Å². The second kappa shape index (κ2) is 26.2. The van der Waals surface area contributed by atoms with Gasteiger partial charge in [-0.2, -0.15) is 0 Å². The second-order valence-electron chi connectivity index (χ2n) is 13.8. The summed E-state index contributed by atoms with van der Waals surface area (Å²) in [4.78, 5) is 30.9. The summed E-state index contributed by atoms with van der Waals surface area (Å²) in [5.41, 5.74) is 0.387. The average Bonchev–Trinajstić information content (AvgIpc) is 2.98. The van der Waals surface area contributed by atoms with Crippen molar-refractivity contribution in [2.24, 2.45) is 27.2 Å². The Kier molecular flexibility index (Phi) is 24.2. The minimum absolute atomic E-state index is 0.146. The van der Waals surface area contributed by atoms with Crippen LogP contribution >= 0.6 is 0 Å². The lowest BCUT2D eigenvalue weighted by molar-refractivity contribution is 0.00646. The lowest BCUT2D eigenvalue weighted by atomic mass is 9.55. The van der Waals surface area contributed by atoms with Crippen molar-refractivity contribution >= 4 is 12.2 Å². The minimum Gasteiger partial charge on any atom is -0.211 e. The second-order valence-corrected chi connectivity index (χ2v) is 13.8. The Balaban J connectivity index is 3.11. The van der Waals surface area contributed by atoms with Gasteiger partial charge in [-0.15, -0.1) is 0 Å². The quantitative estimate of drug-likeness (QED) is 0.0520. The Morgan fingerprint density at radius 2 is 1.05 bits per heavy atom. The highest BCUT2D eigenvalue weighted by Crippen LogP contribution is 2.54. The van der Waals surface area contributed by atoms with E-state index in [1.54, 1.807) is 0 Å². The molecule has 0 saturated heterocycles. The number of rotatable bonds is 28. The van der Waals surface area contributed by atoms with E-state index >= 15 is 0 Å². The topological polar surface area (TPSA) is 58.9 Å². The molecule has 4 heteroatoms. The molecule has 244 valence electrons. The first kappa shape index (κ1) is 38.8. The number of carbonyl (C=O) groups excluding carboxylic acids is 2. The van der Waals surface area contributed by atoms with Crippen LogP contribution in [-0.4, -0.2) is 24.2 Å². The van der Waals surface area contributed by atoms with Gasteiger partial charge in [0.1, 0.15) is 0 Å². The zero-order valence-corrected chi connectivity index (χ0v) is 28.6. The standard InChI is InChI=1S/C38H70N2O2/c1-5-9-13-14-18-28-37-34(22-15-10-6-2)23-19-29-38(37,30-20-26-35(39-32-41)24-16-11-7-3)31-21-27-36(40-33-42)25-17-12-8-4/h34-37H,5-31H2,1-4H3. The van der Waals surface area contributed by atoms with Gasteiger partial charge in [0.2, 0.25) is 12.2 Å². The van der Waals surface area contributed by atoms with E-state index in [2.05, 4.69) is 37.7 Å². The lowest BCUT2D eigenvalue weighted by Gasteiger charge is -2.50.